The zero-order valence-electron chi connectivity index (χ0n) is 10.6. The molecule has 4 nitrogen and oxygen atoms in total. The Hall–Kier alpha value is -1.49. The van der Waals surface area contributed by atoms with Gasteiger partial charge >= 0.3 is 0 Å². The molecule has 2 N–H and O–H groups in total. The van der Waals surface area contributed by atoms with Gasteiger partial charge in [-0.15, -0.1) is 0 Å². The van der Waals surface area contributed by atoms with Crippen LogP contribution >= 0.6 is 15.9 Å². The molecule has 96 valence electrons. The van der Waals surface area contributed by atoms with Crippen molar-refractivity contribution in [1.29, 1.82) is 0 Å². The number of hydrogen-bond donors (Lipinski definition) is 1. The maximum atomic E-state index is 5.86. The van der Waals surface area contributed by atoms with Crippen LogP contribution in [0.5, 0.6) is 5.75 Å². The summed E-state index contributed by atoms with van der Waals surface area (Å²) in [6.45, 7) is 4.17. The average molecular weight is 310 g/mol. The Balaban J connectivity index is 2.68. The van der Waals surface area contributed by atoms with E-state index >= 15 is 0 Å². The van der Waals surface area contributed by atoms with Crippen LogP contribution in [0.4, 0.5) is 5.69 Å². The normalized spacial score (nSPS) is 10.9. The molecule has 1 aromatic heterocycles. The molecule has 0 fully saturated rings. The molecule has 0 unspecified atom stereocenters. The number of methoxy groups -OCH3 is 1. The van der Waals surface area contributed by atoms with E-state index in [-0.39, 0.29) is 6.04 Å². The van der Waals surface area contributed by atoms with E-state index in [1.807, 2.05) is 22.9 Å². The van der Waals surface area contributed by atoms with Crippen LogP contribution in [0.15, 0.2) is 28.9 Å². The minimum Gasteiger partial charge on any atom is -0.496 e. The molecule has 0 radical (unpaired) electrons. The Labute approximate surface area is 115 Å². The van der Waals surface area contributed by atoms with Crippen molar-refractivity contribution in [3.05, 3.63) is 28.9 Å². The third-order valence-corrected chi connectivity index (χ3v) is 3.30. The SMILES string of the molecule is COc1ccc(N)cc1-c1c(Br)cnn1C(C)C. The lowest BCUT2D eigenvalue weighted by Crippen LogP contribution is -2.05. The molecule has 0 amide bonds. The summed E-state index contributed by atoms with van der Waals surface area (Å²) in [7, 11) is 1.65. The lowest BCUT2D eigenvalue weighted by atomic mass is 10.1. The largest absolute Gasteiger partial charge is 0.496 e. The van der Waals surface area contributed by atoms with E-state index in [2.05, 4.69) is 34.9 Å². The van der Waals surface area contributed by atoms with Crippen LogP contribution in [0.2, 0.25) is 0 Å². The molecule has 18 heavy (non-hydrogen) atoms. The lowest BCUT2D eigenvalue weighted by Gasteiger charge is -2.14. The number of halogens is 1. The molecule has 1 aromatic carbocycles. The summed E-state index contributed by atoms with van der Waals surface area (Å²) in [5.74, 6) is 0.785. The molecule has 0 saturated heterocycles. The van der Waals surface area contributed by atoms with Crippen molar-refractivity contribution in [1.82, 2.24) is 9.78 Å². The van der Waals surface area contributed by atoms with Crippen LogP contribution in [0.3, 0.4) is 0 Å². The number of aromatic nitrogens is 2. The van der Waals surface area contributed by atoms with Crippen molar-refractivity contribution < 1.29 is 4.74 Å². The standard InChI is InChI=1S/C13H16BrN3O/c1-8(2)17-13(11(14)7-16-17)10-6-9(15)4-5-12(10)18-3/h4-8H,15H2,1-3H3. The van der Waals surface area contributed by atoms with Gasteiger partial charge in [-0.2, -0.15) is 5.10 Å². The van der Waals surface area contributed by atoms with Crippen LogP contribution in [-0.2, 0) is 0 Å². The average Bonchev–Trinajstić information content (AvgIpc) is 2.71. The van der Waals surface area contributed by atoms with Gasteiger partial charge < -0.3 is 10.5 Å². The molecule has 0 bridgehead atoms. The Bertz CT molecular complexity index is 563. The van der Waals surface area contributed by atoms with E-state index < -0.39 is 0 Å². The van der Waals surface area contributed by atoms with Gasteiger partial charge in [-0.3, -0.25) is 4.68 Å². The van der Waals surface area contributed by atoms with Gasteiger partial charge in [0, 0.05) is 17.3 Å². The summed E-state index contributed by atoms with van der Waals surface area (Å²) in [6, 6.07) is 5.86. The highest BCUT2D eigenvalue weighted by molar-refractivity contribution is 9.10. The third kappa shape index (κ3) is 2.22. The van der Waals surface area contributed by atoms with Crippen molar-refractivity contribution in [2.45, 2.75) is 19.9 Å². The molecular formula is C13H16BrN3O. The number of nitrogens with zero attached hydrogens (tertiary/aromatic N) is 2. The fourth-order valence-electron chi connectivity index (χ4n) is 1.90. The van der Waals surface area contributed by atoms with Gasteiger partial charge in [0.05, 0.1) is 23.5 Å². The van der Waals surface area contributed by atoms with E-state index in [1.165, 1.54) is 0 Å². The van der Waals surface area contributed by atoms with Crippen LogP contribution in [0.25, 0.3) is 11.3 Å². The first kappa shape index (κ1) is 13.0. The molecule has 0 aliphatic carbocycles. The number of rotatable bonds is 3. The first-order valence-electron chi connectivity index (χ1n) is 5.71. The first-order chi connectivity index (χ1) is 8.54. The minimum absolute atomic E-state index is 0.262. The van der Waals surface area contributed by atoms with Crippen molar-refractivity contribution >= 4 is 21.6 Å². The maximum Gasteiger partial charge on any atom is 0.128 e. The van der Waals surface area contributed by atoms with E-state index in [1.54, 1.807) is 13.3 Å². The number of anilines is 1. The fraction of sp³-hybridized carbons (Fsp3) is 0.308. The maximum absolute atomic E-state index is 5.86. The van der Waals surface area contributed by atoms with Gasteiger partial charge in [-0.25, -0.2) is 0 Å². The zero-order valence-corrected chi connectivity index (χ0v) is 12.2. The molecule has 2 rings (SSSR count). The molecule has 2 aromatic rings. The summed E-state index contributed by atoms with van der Waals surface area (Å²) in [5, 5.41) is 4.37. The van der Waals surface area contributed by atoms with Crippen LogP contribution < -0.4 is 10.5 Å². The molecule has 0 spiro atoms. The molecule has 0 atom stereocenters. The second kappa shape index (κ2) is 5.02. The summed E-state index contributed by atoms with van der Waals surface area (Å²) in [4.78, 5) is 0. The molecule has 1 heterocycles. The van der Waals surface area contributed by atoms with Crippen molar-refractivity contribution in [2.24, 2.45) is 0 Å². The van der Waals surface area contributed by atoms with E-state index in [9.17, 15) is 0 Å². The number of hydrogen-bond acceptors (Lipinski definition) is 3. The van der Waals surface area contributed by atoms with E-state index in [4.69, 9.17) is 10.5 Å². The summed E-state index contributed by atoms with van der Waals surface area (Å²) in [6.07, 6.45) is 1.79. The first-order valence-corrected chi connectivity index (χ1v) is 6.50. The Kier molecular flexibility index (Phi) is 3.61. The van der Waals surface area contributed by atoms with Gasteiger partial charge in [0.25, 0.3) is 0 Å². The van der Waals surface area contributed by atoms with Gasteiger partial charge in [0.2, 0.25) is 0 Å². The molecule has 5 heteroatoms. The summed E-state index contributed by atoms with van der Waals surface area (Å²) >= 11 is 3.53. The predicted octanol–water partition coefficient (Wildman–Crippen LogP) is 3.48. The van der Waals surface area contributed by atoms with Gasteiger partial charge in [0.15, 0.2) is 0 Å². The van der Waals surface area contributed by atoms with Crippen molar-refractivity contribution in [3.8, 4) is 17.0 Å². The van der Waals surface area contributed by atoms with Gasteiger partial charge in [0.1, 0.15) is 5.75 Å². The molecular weight excluding hydrogens is 294 g/mol. The summed E-state index contributed by atoms with van der Waals surface area (Å²) in [5.41, 5.74) is 8.49. The Morgan fingerprint density at radius 3 is 2.72 bits per heavy atom. The fourth-order valence-corrected chi connectivity index (χ4v) is 2.38. The highest BCUT2D eigenvalue weighted by atomic mass is 79.9. The van der Waals surface area contributed by atoms with E-state index in [0.717, 1.165) is 21.5 Å². The molecule has 0 aliphatic heterocycles. The van der Waals surface area contributed by atoms with Crippen LogP contribution in [0.1, 0.15) is 19.9 Å². The van der Waals surface area contributed by atoms with Crippen molar-refractivity contribution in [2.75, 3.05) is 12.8 Å². The quantitative estimate of drug-likeness (QED) is 0.883. The zero-order chi connectivity index (χ0) is 13.3. The Morgan fingerprint density at radius 1 is 1.39 bits per heavy atom. The van der Waals surface area contributed by atoms with Gasteiger partial charge in [-0.1, -0.05) is 0 Å². The lowest BCUT2D eigenvalue weighted by molar-refractivity contribution is 0.415. The van der Waals surface area contributed by atoms with Crippen LogP contribution in [-0.4, -0.2) is 16.9 Å². The highest BCUT2D eigenvalue weighted by Crippen LogP contribution is 2.37. The topological polar surface area (TPSA) is 53.1 Å². The smallest absolute Gasteiger partial charge is 0.128 e. The highest BCUT2D eigenvalue weighted by Gasteiger charge is 2.17. The third-order valence-electron chi connectivity index (χ3n) is 2.72. The number of benzene rings is 1. The predicted molar refractivity (Wildman–Crippen MR) is 76.7 cm³/mol. The Morgan fingerprint density at radius 2 is 2.11 bits per heavy atom. The minimum atomic E-state index is 0.262. The summed E-state index contributed by atoms with van der Waals surface area (Å²) < 4.78 is 8.27. The second-order valence-electron chi connectivity index (χ2n) is 4.34. The van der Waals surface area contributed by atoms with Crippen molar-refractivity contribution in [3.63, 3.8) is 0 Å². The van der Waals surface area contributed by atoms with E-state index in [0.29, 0.717) is 5.69 Å². The number of nitrogen functional groups attached to an aromatic ring is 1. The number of ether oxygens (including phenoxy) is 1. The van der Waals surface area contributed by atoms with Crippen LogP contribution in [0, 0.1) is 0 Å². The molecule has 0 aliphatic rings. The molecule has 0 saturated carbocycles. The van der Waals surface area contributed by atoms with Gasteiger partial charge in [-0.05, 0) is 48.0 Å². The number of nitrogens with two attached hydrogens (primary N) is 1. The monoisotopic (exact) mass is 309 g/mol. The second-order valence-corrected chi connectivity index (χ2v) is 5.19.